The van der Waals surface area contributed by atoms with Crippen LogP contribution in [0.2, 0.25) is 0 Å². The van der Waals surface area contributed by atoms with Crippen LogP contribution in [0.15, 0.2) is 35.3 Å². The molecule has 4 nitrogen and oxygen atoms in total. The third-order valence-corrected chi connectivity index (χ3v) is 2.83. The maximum atomic E-state index is 4.29. The highest BCUT2D eigenvalue weighted by Gasteiger charge is 2.05. The summed E-state index contributed by atoms with van der Waals surface area (Å²) in [5.41, 5.74) is 2.21. The predicted octanol–water partition coefficient (Wildman–Crippen LogP) is 2.53. The molecular weight excluding hydrogens is 280 g/mol. The molecule has 2 aromatic rings. The van der Waals surface area contributed by atoms with Crippen LogP contribution in [0.25, 0.3) is 5.69 Å². The van der Waals surface area contributed by atoms with E-state index in [-0.39, 0.29) is 0 Å². The Balaban J connectivity index is 2.21. The summed E-state index contributed by atoms with van der Waals surface area (Å²) in [6.07, 6.45) is 8.52. The largest absolute Gasteiger partial charge is 0.313 e. The molecular formula is C12H15BrN4. The van der Waals surface area contributed by atoms with Gasteiger partial charge >= 0.3 is 0 Å². The molecule has 0 unspecified atom stereocenters. The number of nitrogens with zero attached hydrogens (tertiary/aromatic N) is 3. The quantitative estimate of drug-likeness (QED) is 0.862. The zero-order valence-corrected chi connectivity index (χ0v) is 11.3. The Morgan fingerprint density at radius 3 is 3.00 bits per heavy atom. The van der Waals surface area contributed by atoms with Crippen molar-refractivity contribution in [2.75, 3.05) is 6.54 Å². The molecule has 2 aromatic heterocycles. The minimum Gasteiger partial charge on any atom is -0.313 e. The van der Waals surface area contributed by atoms with E-state index in [9.17, 15) is 0 Å². The lowest BCUT2D eigenvalue weighted by Crippen LogP contribution is -2.15. The number of hydrogen-bond donors (Lipinski definition) is 1. The summed E-state index contributed by atoms with van der Waals surface area (Å²) in [5.74, 6) is 0. The molecule has 2 heterocycles. The van der Waals surface area contributed by atoms with Crippen LogP contribution in [0.3, 0.4) is 0 Å². The smallest absolute Gasteiger partial charge is 0.0721 e. The van der Waals surface area contributed by atoms with Crippen molar-refractivity contribution in [1.82, 2.24) is 20.1 Å². The lowest BCUT2D eigenvalue weighted by molar-refractivity contribution is 0.668. The van der Waals surface area contributed by atoms with Gasteiger partial charge in [0, 0.05) is 30.7 Å². The van der Waals surface area contributed by atoms with E-state index >= 15 is 0 Å². The molecule has 0 saturated carbocycles. The fourth-order valence-corrected chi connectivity index (χ4v) is 1.90. The molecule has 0 saturated heterocycles. The third kappa shape index (κ3) is 3.14. The van der Waals surface area contributed by atoms with Crippen molar-refractivity contribution in [2.24, 2.45) is 0 Å². The van der Waals surface area contributed by atoms with Gasteiger partial charge in [0.05, 0.1) is 16.4 Å². The van der Waals surface area contributed by atoms with Gasteiger partial charge in [-0.25, -0.2) is 4.68 Å². The molecule has 0 aliphatic carbocycles. The van der Waals surface area contributed by atoms with Gasteiger partial charge in [-0.15, -0.1) is 0 Å². The van der Waals surface area contributed by atoms with Gasteiger partial charge in [-0.3, -0.25) is 4.98 Å². The van der Waals surface area contributed by atoms with E-state index in [0.29, 0.717) is 0 Å². The number of aromatic nitrogens is 3. The minimum atomic E-state index is 0.814. The third-order valence-electron chi connectivity index (χ3n) is 2.42. The van der Waals surface area contributed by atoms with E-state index in [1.165, 1.54) is 0 Å². The van der Waals surface area contributed by atoms with Crippen LogP contribution in [0, 0.1) is 0 Å². The van der Waals surface area contributed by atoms with Gasteiger partial charge in [-0.1, -0.05) is 6.92 Å². The highest BCUT2D eigenvalue weighted by molar-refractivity contribution is 9.10. The van der Waals surface area contributed by atoms with Gasteiger partial charge in [0.15, 0.2) is 0 Å². The van der Waals surface area contributed by atoms with Crippen molar-refractivity contribution < 1.29 is 0 Å². The zero-order valence-electron chi connectivity index (χ0n) is 9.73. The summed E-state index contributed by atoms with van der Waals surface area (Å²) in [6, 6.07) is 1.97. The maximum absolute atomic E-state index is 4.29. The Bertz CT molecular complexity index is 481. The molecule has 0 amide bonds. The molecule has 0 radical (unpaired) electrons. The van der Waals surface area contributed by atoms with Crippen molar-refractivity contribution in [1.29, 1.82) is 0 Å². The summed E-state index contributed by atoms with van der Waals surface area (Å²) in [5, 5.41) is 7.66. The zero-order chi connectivity index (χ0) is 12.1. The molecule has 0 fully saturated rings. The Labute approximate surface area is 109 Å². The summed E-state index contributed by atoms with van der Waals surface area (Å²) < 4.78 is 2.83. The molecule has 90 valence electrons. The normalized spacial score (nSPS) is 10.7. The Morgan fingerprint density at radius 1 is 1.41 bits per heavy atom. The van der Waals surface area contributed by atoms with Crippen molar-refractivity contribution in [3.63, 3.8) is 0 Å². The van der Waals surface area contributed by atoms with Gasteiger partial charge in [-0.2, -0.15) is 5.10 Å². The highest BCUT2D eigenvalue weighted by atomic mass is 79.9. The molecule has 0 bridgehead atoms. The van der Waals surface area contributed by atoms with Crippen molar-refractivity contribution in [2.45, 2.75) is 19.9 Å². The van der Waals surface area contributed by atoms with Crippen LogP contribution in [0.5, 0.6) is 0 Å². The molecule has 0 atom stereocenters. The Morgan fingerprint density at radius 2 is 2.29 bits per heavy atom. The lowest BCUT2D eigenvalue weighted by Gasteiger charge is -2.09. The molecule has 0 aliphatic rings. The number of hydrogen-bond acceptors (Lipinski definition) is 3. The van der Waals surface area contributed by atoms with E-state index < -0.39 is 0 Å². The van der Waals surface area contributed by atoms with Crippen LogP contribution in [-0.2, 0) is 6.54 Å². The van der Waals surface area contributed by atoms with Gasteiger partial charge < -0.3 is 5.32 Å². The second-order valence-corrected chi connectivity index (χ2v) is 4.70. The Kier molecular flexibility index (Phi) is 4.28. The first-order valence-electron chi connectivity index (χ1n) is 5.65. The van der Waals surface area contributed by atoms with Crippen LogP contribution >= 0.6 is 15.9 Å². The fraction of sp³-hybridized carbons (Fsp3) is 0.333. The van der Waals surface area contributed by atoms with Gasteiger partial charge in [-0.05, 0) is 35.0 Å². The van der Waals surface area contributed by atoms with E-state index in [2.05, 4.69) is 38.3 Å². The van der Waals surface area contributed by atoms with Crippen molar-refractivity contribution >= 4 is 15.9 Å². The average molecular weight is 295 g/mol. The molecule has 0 aliphatic heterocycles. The van der Waals surface area contributed by atoms with Crippen molar-refractivity contribution in [3.05, 3.63) is 40.9 Å². The van der Waals surface area contributed by atoms with Crippen molar-refractivity contribution in [3.8, 4) is 5.69 Å². The minimum absolute atomic E-state index is 0.814. The summed E-state index contributed by atoms with van der Waals surface area (Å²) >= 11 is 3.40. The van der Waals surface area contributed by atoms with Gasteiger partial charge in [0.1, 0.15) is 0 Å². The average Bonchev–Trinajstić information content (AvgIpc) is 2.77. The number of rotatable bonds is 5. The second-order valence-electron chi connectivity index (χ2n) is 3.78. The molecule has 17 heavy (non-hydrogen) atoms. The van der Waals surface area contributed by atoms with Gasteiger partial charge in [0.25, 0.3) is 0 Å². The first kappa shape index (κ1) is 12.3. The van der Waals surface area contributed by atoms with E-state index in [1.54, 1.807) is 12.4 Å². The first-order valence-corrected chi connectivity index (χ1v) is 6.44. The van der Waals surface area contributed by atoms with Crippen LogP contribution in [-0.4, -0.2) is 21.3 Å². The number of halogens is 1. The standard InChI is InChI=1S/C12H15BrN4/c1-2-4-14-6-10-7-15-5-3-12(10)17-9-11(13)8-16-17/h3,5,7-9,14H,2,4,6H2,1H3. The summed E-state index contributed by atoms with van der Waals surface area (Å²) in [6.45, 7) is 3.98. The van der Waals surface area contributed by atoms with Crippen LogP contribution < -0.4 is 5.32 Å². The topological polar surface area (TPSA) is 42.7 Å². The van der Waals surface area contributed by atoms with E-state index in [0.717, 1.165) is 35.2 Å². The summed E-state index contributed by atoms with van der Waals surface area (Å²) in [7, 11) is 0. The van der Waals surface area contributed by atoms with E-state index in [1.807, 2.05) is 23.1 Å². The number of pyridine rings is 1. The Hall–Kier alpha value is -1.20. The lowest BCUT2D eigenvalue weighted by atomic mass is 10.2. The first-order chi connectivity index (χ1) is 8.31. The summed E-state index contributed by atoms with van der Waals surface area (Å²) in [4.78, 5) is 4.16. The monoisotopic (exact) mass is 294 g/mol. The van der Waals surface area contributed by atoms with Crippen LogP contribution in [0.4, 0.5) is 0 Å². The SMILES string of the molecule is CCCNCc1cnccc1-n1cc(Br)cn1. The predicted molar refractivity (Wildman–Crippen MR) is 71.1 cm³/mol. The molecule has 0 aromatic carbocycles. The van der Waals surface area contributed by atoms with E-state index in [4.69, 9.17) is 0 Å². The van der Waals surface area contributed by atoms with Crippen LogP contribution in [0.1, 0.15) is 18.9 Å². The molecule has 2 rings (SSSR count). The maximum Gasteiger partial charge on any atom is 0.0721 e. The molecule has 0 spiro atoms. The highest BCUT2D eigenvalue weighted by Crippen LogP contribution is 2.15. The second kappa shape index (κ2) is 5.93. The fourth-order valence-electron chi connectivity index (χ4n) is 1.61. The molecule has 1 N–H and O–H groups in total. The molecule has 5 heteroatoms. The number of nitrogens with one attached hydrogen (secondary N) is 1. The van der Waals surface area contributed by atoms with Gasteiger partial charge in [0.2, 0.25) is 0 Å².